The first-order valence-electron chi connectivity index (χ1n) is 6.32. The molecule has 2 aromatic rings. The normalized spacial score (nSPS) is 12.9. The van der Waals surface area contributed by atoms with E-state index < -0.39 is 5.82 Å². The molecule has 1 aromatic carbocycles. The van der Waals surface area contributed by atoms with Gasteiger partial charge in [-0.1, -0.05) is 13.8 Å². The summed E-state index contributed by atoms with van der Waals surface area (Å²) in [5, 5.41) is 11.7. The first-order valence-corrected chi connectivity index (χ1v) is 6.32. The minimum Gasteiger partial charge on any atom is -0.396 e. The van der Waals surface area contributed by atoms with Gasteiger partial charge in [0.25, 0.3) is 0 Å². The Morgan fingerprint density at radius 1 is 1.32 bits per heavy atom. The van der Waals surface area contributed by atoms with Crippen LogP contribution in [0.15, 0.2) is 18.2 Å². The summed E-state index contributed by atoms with van der Waals surface area (Å²) in [4.78, 5) is 0. The van der Waals surface area contributed by atoms with E-state index in [1.807, 2.05) is 6.92 Å². The van der Waals surface area contributed by atoms with Gasteiger partial charge < -0.3 is 5.73 Å². The average molecular weight is 263 g/mol. The largest absolute Gasteiger partial charge is 0.396 e. The number of tetrazole rings is 1. The van der Waals surface area contributed by atoms with Crippen LogP contribution in [-0.4, -0.2) is 20.2 Å². The third-order valence-corrected chi connectivity index (χ3v) is 2.98. The van der Waals surface area contributed by atoms with E-state index in [0.29, 0.717) is 17.3 Å². The van der Waals surface area contributed by atoms with E-state index in [2.05, 4.69) is 29.4 Å². The van der Waals surface area contributed by atoms with Crippen LogP contribution >= 0.6 is 0 Å². The molecule has 5 nitrogen and oxygen atoms in total. The predicted molar refractivity (Wildman–Crippen MR) is 71.8 cm³/mol. The second kappa shape index (κ2) is 5.34. The second-order valence-electron chi connectivity index (χ2n) is 5.16. The number of aromatic nitrogens is 4. The van der Waals surface area contributed by atoms with Crippen LogP contribution in [0.1, 0.15) is 33.2 Å². The summed E-state index contributed by atoms with van der Waals surface area (Å²) in [5.74, 6) is 0.644. The van der Waals surface area contributed by atoms with E-state index >= 15 is 0 Å². The smallest absolute Gasteiger partial charge is 0.182 e. The molecule has 6 heteroatoms. The molecular formula is C13H18FN5. The van der Waals surface area contributed by atoms with Crippen LogP contribution < -0.4 is 5.73 Å². The molecule has 0 aliphatic heterocycles. The van der Waals surface area contributed by atoms with Gasteiger partial charge in [-0.2, -0.15) is 0 Å². The lowest BCUT2D eigenvalue weighted by Crippen LogP contribution is -2.11. The number of halogens is 1. The molecule has 0 spiro atoms. The van der Waals surface area contributed by atoms with Crippen molar-refractivity contribution < 1.29 is 4.39 Å². The topological polar surface area (TPSA) is 69.6 Å². The van der Waals surface area contributed by atoms with Crippen molar-refractivity contribution in [3.8, 4) is 11.4 Å². The number of anilines is 1. The van der Waals surface area contributed by atoms with Crippen LogP contribution in [0.2, 0.25) is 0 Å². The Morgan fingerprint density at radius 3 is 2.68 bits per heavy atom. The average Bonchev–Trinajstić information content (AvgIpc) is 2.81. The maximum atomic E-state index is 13.5. The van der Waals surface area contributed by atoms with Gasteiger partial charge in [0.2, 0.25) is 0 Å². The number of nitrogens with two attached hydrogens (primary N) is 1. The summed E-state index contributed by atoms with van der Waals surface area (Å²) >= 11 is 0. The summed E-state index contributed by atoms with van der Waals surface area (Å²) in [6, 6.07) is 4.77. The van der Waals surface area contributed by atoms with Crippen LogP contribution in [-0.2, 0) is 0 Å². The van der Waals surface area contributed by atoms with Gasteiger partial charge in [0.15, 0.2) is 5.82 Å². The molecule has 0 aliphatic rings. The molecule has 1 heterocycles. The molecule has 2 N–H and O–H groups in total. The zero-order valence-corrected chi connectivity index (χ0v) is 11.3. The highest BCUT2D eigenvalue weighted by Crippen LogP contribution is 2.24. The summed E-state index contributed by atoms with van der Waals surface area (Å²) in [6.07, 6.45) is 0.954. The van der Waals surface area contributed by atoms with E-state index in [9.17, 15) is 4.39 Å². The lowest BCUT2D eigenvalue weighted by atomic mass is 10.1. The fourth-order valence-corrected chi connectivity index (χ4v) is 2.13. The SMILES string of the molecule is CC(C)CC(C)n1nnnc1-c1ccc(N)c(F)c1. The number of benzene rings is 1. The Balaban J connectivity index is 2.35. The lowest BCUT2D eigenvalue weighted by molar-refractivity contribution is 0.394. The Hall–Kier alpha value is -1.98. The van der Waals surface area contributed by atoms with E-state index in [4.69, 9.17) is 5.73 Å². The molecule has 0 aliphatic carbocycles. The molecule has 0 amide bonds. The molecule has 0 saturated carbocycles. The zero-order valence-electron chi connectivity index (χ0n) is 11.3. The fourth-order valence-electron chi connectivity index (χ4n) is 2.13. The van der Waals surface area contributed by atoms with Crippen molar-refractivity contribution in [3.63, 3.8) is 0 Å². The predicted octanol–water partition coefficient (Wildman–Crippen LogP) is 2.67. The van der Waals surface area contributed by atoms with Crippen molar-refractivity contribution in [3.05, 3.63) is 24.0 Å². The van der Waals surface area contributed by atoms with Crippen LogP contribution in [0.4, 0.5) is 10.1 Å². The highest BCUT2D eigenvalue weighted by Gasteiger charge is 2.16. The molecule has 1 unspecified atom stereocenters. The highest BCUT2D eigenvalue weighted by molar-refractivity contribution is 5.59. The lowest BCUT2D eigenvalue weighted by Gasteiger charge is -2.15. The summed E-state index contributed by atoms with van der Waals surface area (Å²) in [5.41, 5.74) is 6.23. The Bertz CT molecular complexity index is 564. The molecule has 1 aromatic heterocycles. The van der Waals surface area contributed by atoms with Crippen molar-refractivity contribution in [1.29, 1.82) is 0 Å². The number of nitrogens with zero attached hydrogens (tertiary/aromatic N) is 4. The van der Waals surface area contributed by atoms with E-state index in [0.717, 1.165) is 6.42 Å². The molecule has 0 saturated heterocycles. The van der Waals surface area contributed by atoms with Crippen molar-refractivity contribution in [2.24, 2.45) is 5.92 Å². The highest BCUT2D eigenvalue weighted by atomic mass is 19.1. The van der Waals surface area contributed by atoms with E-state index in [1.165, 1.54) is 12.1 Å². The van der Waals surface area contributed by atoms with Crippen molar-refractivity contribution in [1.82, 2.24) is 20.2 Å². The molecule has 2 rings (SSSR count). The molecule has 0 bridgehead atoms. The number of rotatable bonds is 4. The minimum atomic E-state index is -0.455. The van der Waals surface area contributed by atoms with Crippen molar-refractivity contribution >= 4 is 5.69 Å². The summed E-state index contributed by atoms with van der Waals surface area (Å²) < 4.78 is 15.2. The Morgan fingerprint density at radius 2 is 2.05 bits per heavy atom. The van der Waals surface area contributed by atoms with Gasteiger partial charge in [0, 0.05) is 5.56 Å². The maximum absolute atomic E-state index is 13.5. The van der Waals surface area contributed by atoms with Crippen LogP contribution in [0.3, 0.4) is 0 Å². The van der Waals surface area contributed by atoms with Gasteiger partial charge in [-0.15, -0.1) is 5.10 Å². The van der Waals surface area contributed by atoms with Crippen LogP contribution in [0.5, 0.6) is 0 Å². The molecular weight excluding hydrogens is 245 g/mol. The zero-order chi connectivity index (χ0) is 14.0. The monoisotopic (exact) mass is 263 g/mol. The number of hydrogen-bond donors (Lipinski definition) is 1. The van der Waals surface area contributed by atoms with Gasteiger partial charge in [-0.3, -0.25) is 0 Å². The molecule has 1 atom stereocenters. The fraction of sp³-hybridized carbons (Fsp3) is 0.462. The number of nitrogen functional groups attached to an aromatic ring is 1. The van der Waals surface area contributed by atoms with Crippen LogP contribution in [0.25, 0.3) is 11.4 Å². The standard InChI is InChI=1S/C13H18FN5/c1-8(2)6-9(3)19-13(16-17-18-19)10-4-5-12(15)11(14)7-10/h4-5,7-9H,6,15H2,1-3H3. The third kappa shape index (κ3) is 2.89. The first kappa shape index (κ1) is 13.5. The minimum absolute atomic E-state index is 0.123. The maximum Gasteiger partial charge on any atom is 0.182 e. The molecule has 102 valence electrons. The summed E-state index contributed by atoms with van der Waals surface area (Å²) in [6.45, 7) is 6.33. The molecule has 19 heavy (non-hydrogen) atoms. The quantitative estimate of drug-likeness (QED) is 0.861. The van der Waals surface area contributed by atoms with Crippen LogP contribution in [0, 0.1) is 11.7 Å². The third-order valence-electron chi connectivity index (χ3n) is 2.98. The Labute approximate surface area is 111 Å². The van der Waals surface area contributed by atoms with Gasteiger partial charge in [-0.05, 0) is 47.9 Å². The first-order chi connectivity index (χ1) is 8.99. The number of hydrogen-bond acceptors (Lipinski definition) is 4. The second-order valence-corrected chi connectivity index (χ2v) is 5.16. The van der Waals surface area contributed by atoms with Gasteiger partial charge >= 0.3 is 0 Å². The van der Waals surface area contributed by atoms with Gasteiger partial charge in [-0.25, -0.2) is 9.07 Å². The van der Waals surface area contributed by atoms with E-state index in [1.54, 1.807) is 10.7 Å². The molecule has 0 fully saturated rings. The van der Waals surface area contributed by atoms with Crippen molar-refractivity contribution in [2.45, 2.75) is 33.2 Å². The van der Waals surface area contributed by atoms with Gasteiger partial charge in [0.05, 0.1) is 11.7 Å². The van der Waals surface area contributed by atoms with E-state index in [-0.39, 0.29) is 11.7 Å². The van der Waals surface area contributed by atoms with Crippen molar-refractivity contribution in [2.75, 3.05) is 5.73 Å². The van der Waals surface area contributed by atoms with Gasteiger partial charge in [0.1, 0.15) is 5.82 Å². The Kier molecular flexibility index (Phi) is 3.78. The molecule has 0 radical (unpaired) electrons. The summed E-state index contributed by atoms with van der Waals surface area (Å²) in [7, 11) is 0.